The number of aryl methyl sites for hydroxylation is 3. The van der Waals surface area contributed by atoms with Crippen LogP contribution in [0, 0.1) is 26.7 Å². The van der Waals surface area contributed by atoms with Crippen LogP contribution in [0.2, 0.25) is 0 Å². The summed E-state index contributed by atoms with van der Waals surface area (Å²) in [5, 5.41) is 18.5. The number of Topliss-reactive ketones (excluding diaryl/α,β-unsaturated/α-hetero) is 1. The first-order chi connectivity index (χ1) is 15.8. The standard InChI is InChI=1S/C26H36N6O/c1-17(2)27-14-6-9-23(33)21-8-7-15-31(16-21)26-25-24(19(4)28-29-26)20(5)32(30-25)22-12-10-18(3)11-13-22/h10-13,17,21,27H,6-9,14-16H2,1-5H3/t21-/m1/s1. The Hall–Kier alpha value is -2.80. The molecule has 33 heavy (non-hydrogen) atoms. The molecule has 1 fully saturated rings. The predicted octanol–water partition coefficient (Wildman–Crippen LogP) is 4.30. The van der Waals surface area contributed by atoms with Crippen LogP contribution in [0.4, 0.5) is 5.82 Å². The van der Waals surface area contributed by atoms with Gasteiger partial charge >= 0.3 is 0 Å². The molecule has 4 rings (SSSR count). The average molecular weight is 449 g/mol. The quantitative estimate of drug-likeness (QED) is 0.518. The van der Waals surface area contributed by atoms with E-state index in [2.05, 4.69) is 72.4 Å². The van der Waals surface area contributed by atoms with Gasteiger partial charge in [0.05, 0.1) is 22.5 Å². The molecule has 7 heteroatoms. The zero-order chi connectivity index (χ0) is 23.5. The van der Waals surface area contributed by atoms with Gasteiger partial charge in [-0.1, -0.05) is 31.5 Å². The Morgan fingerprint density at radius 1 is 1.15 bits per heavy atom. The van der Waals surface area contributed by atoms with Crippen molar-refractivity contribution >= 4 is 22.5 Å². The second-order valence-corrected chi connectivity index (χ2v) is 9.63. The number of nitrogens with one attached hydrogen (secondary N) is 1. The first kappa shape index (κ1) is 23.4. The number of nitrogens with zero attached hydrogens (tertiary/aromatic N) is 5. The number of benzene rings is 1. The van der Waals surface area contributed by atoms with Gasteiger partial charge in [-0.3, -0.25) is 4.79 Å². The zero-order valence-corrected chi connectivity index (χ0v) is 20.6. The van der Waals surface area contributed by atoms with Gasteiger partial charge < -0.3 is 10.2 Å². The summed E-state index contributed by atoms with van der Waals surface area (Å²) >= 11 is 0. The predicted molar refractivity (Wildman–Crippen MR) is 133 cm³/mol. The first-order valence-electron chi connectivity index (χ1n) is 12.2. The molecule has 1 aliphatic heterocycles. The lowest BCUT2D eigenvalue weighted by Gasteiger charge is -2.32. The van der Waals surface area contributed by atoms with Crippen molar-refractivity contribution < 1.29 is 4.79 Å². The highest BCUT2D eigenvalue weighted by molar-refractivity contribution is 5.92. The van der Waals surface area contributed by atoms with Crippen molar-refractivity contribution in [2.75, 3.05) is 24.5 Å². The molecule has 0 radical (unpaired) electrons. The van der Waals surface area contributed by atoms with Crippen molar-refractivity contribution in [1.29, 1.82) is 0 Å². The van der Waals surface area contributed by atoms with E-state index < -0.39 is 0 Å². The van der Waals surface area contributed by atoms with E-state index in [-0.39, 0.29) is 5.92 Å². The van der Waals surface area contributed by atoms with Gasteiger partial charge in [0.2, 0.25) is 0 Å². The topological polar surface area (TPSA) is 75.9 Å². The molecule has 0 saturated carbocycles. The largest absolute Gasteiger partial charge is 0.353 e. The van der Waals surface area contributed by atoms with Crippen molar-refractivity contribution in [3.05, 3.63) is 41.2 Å². The van der Waals surface area contributed by atoms with E-state index in [0.717, 1.165) is 66.1 Å². The third kappa shape index (κ3) is 5.08. The maximum Gasteiger partial charge on any atom is 0.179 e. The molecule has 7 nitrogen and oxygen atoms in total. The van der Waals surface area contributed by atoms with Crippen molar-refractivity contribution in [2.45, 2.75) is 66.3 Å². The number of carbonyl (C=O) groups excluding carboxylic acids is 1. The number of carbonyl (C=O) groups is 1. The molecule has 1 atom stereocenters. The van der Waals surface area contributed by atoms with Gasteiger partial charge in [0.1, 0.15) is 11.3 Å². The molecule has 3 aromatic rings. The zero-order valence-electron chi connectivity index (χ0n) is 20.6. The summed E-state index contributed by atoms with van der Waals surface area (Å²) < 4.78 is 1.98. The van der Waals surface area contributed by atoms with E-state index in [0.29, 0.717) is 24.8 Å². The summed E-state index contributed by atoms with van der Waals surface area (Å²) in [6.45, 7) is 12.9. The van der Waals surface area contributed by atoms with Gasteiger partial charge in [-0.15, -0.1) is 5.10 Å². The number of fused-ring (bicyclic) bond motifs is 1. The Kier molecular flexibility index (Phi) is 7.08. The fraction of sp³-hybridized carbons (Fsp3) is 0.538. The summed E-state index contributed by atoms with van der Waals surface area (Å²) in [5.74, 6) is 1.21. The summed E-state index contributed by atoms with van der Waals surface area (Å²) in [4.78, 5) is 15.1. The maximum absolute atomic E-state index is 12.9. The van der Waals surface area contributed by atoms with Gasteiger partial charge in [0.25, 0.3) is 0 Å². The smallest absolute Gasteiger partial charge is 0.179 e. The summed E-state index contributed by atoms with van der Waals surface area (Å²) in [5.41, 5.74) is 5.06. The average Bonchev–Trinajstić information content (AvgIpc) is 3.15. The minimum atomic E-state index is 0.0521. The molecule has 0 unspecified atom stereocenters. The Labute approximate surface area is 196 Å². The summed E-state index contributed by atoms with van der Waals surface area (Å²) in [6, 6.07) is 8.84. The Morgan fingerprint density at radius 2 is 1.91 bits per heavy atom. The lowest BCUT2D eigenvalue weighted by Crippen LogP contribution is -2.39. The van der Waals surface area contributed by atoms with Crippen LogP contribution in [0.3, 0.4) is 0 Å². The van der Waals surface area contributed by atoms with Crippen molar-refractivity contribution in [1.82, 2.24) is 25.3 Å². The molecule has 3 heterocycles. The molecule has 1 aromatic carbocycles. The van der Waals surface area contributed by atoms with Crippen molar-refractivity contribution in [3.8, 4) is 5.69 Å². The number of piperidine rings is 1. The molecular formula is C26H36N6O. The Morgan fingerprint density at radius 3 is 2.64 bits per heavy atom. The van der Waals surface area contributed by atoms with Crippen LogP contribution in [0.15, 0.2) is 24.3 Å². The number of rotatable bonds is 8. The Bertz CT molecular complexity index is 1120. The first-order valence-corrected chi connectivity index (χ1v) is 12.2. The maximum atomic E-state index is 12.9. The molecule has 1 saturated heterocycles. The fourth-order valence-electron chi connectivity index (χ4n) is 4.75. The molecular weight excluding hydrogens is 412 g/mol. The summed E-state index contributed by atoms with van der Waals surface area (Å²) in [7, 11) is 0. The second kappa shape index (κ2) is 10.00. The highest BCUT2D eigenvalue weighted by Gasteiger charge is 2.29. The van der Waals surface area contributed by atoms with E-state index in [9.17, 15) is 4.79 Å². The fourth-order valence-corrected chi connectivity index (χ4v) is 4.75. The van der Waals surface area contributed by atoms with Crippen LogP contribution < -0.4 is 10.2 Å². The van der Waals surface area contributed by atoms with E-state index in [4.69, 9.17) is 5.10 Å². The number of hydrogen-bond acceptors (Lipinski definition) is 6. The van der Waals surface area contributed by atoms with Crippen LogP contribution >= 0.6 is 0 Å². The van der Waals surface area contributed by atoms with Gasteiger partial charge in [0.15, 0.2) is 5.82 Å². The number of hydrogen-bond donors (Lipinski definition) is 1. The minimum Gasteiger partial charge on any atom is -0.353 e. The van der Waals surface area contributed by atoms with E-state index in [1.807, 2.05) is 11.6 Å². The van der Waals surface area contributed by atoms with E-state index >= 15 is 0 Å². The van der Waals surface area contributed by atoms with Crippen molar-refractivity contribution in [2.24, 2.45) is 5.92 Å². The summed E-state index contributed by atoms with van der Waals surface area (Å²) in [6.07, 6.45) is 3.46. The van der Waals surface area contributed by atoms with Gasteiger partial charge in [-0.05, 0) is 58.7 Å². The lowest BCUT2D eigenvalue weighted by molar-refractivity contribution is -0.123. The molecule has 2 aromatic heterocycles. The third-order valence-corrected chi connectivity index (χ3v) is 6.59. The molecule has 0 spiro atoms. The normalized spacial score (nSPS) is 16.7. The lowest BCUT2D eigenvalue weighted by atomic mass is 9.91. The number of ketones is 1. The third-order valence-electron chi connectivity index (χ3n) is 6.59. The highest BCUT2D eigenvalue weighted by Crippen LogP contribution is 2.32. The number of aromatic nitrogens is 4. The van der Waals surface area contributed by atoms with Crippen molar-refractivity contribution in [3.63, 3.8) is 0 Å². The minimum absolute atomic E-state index is 0.0521. The monoisotopic (exact) mass is 448 g/mol. The molecule has 176 valence electrons. The van der Waals surface area contributed by atoms with E-state index in [1.54, 1.807) is 0 Å². The van der Waals surface area contributed by atoms with Gasteiger partial charge in [-0.2, -0.15) is 10.2 Å². The molecule has 0 amide bonds. The molecule has 1 aliphatic rings. The highest BCUT2D eigenvalue weighted by atomic mass is 16.1. The van der Waals surface area contributed by atoms with E-state index in [1.165, 1.54) is 5.56 Å². The molecule has 1 N–H and O–H groups in total. The van der Waals surface area contributed by atoms with Gasteiger partial charge in [-0.25, -0.2) is 4.68 Å². The van der Waals surface area contributed by atoms with Crippen LogP contribution in [-0.2, 0) is 4.79 Å². The van der Waals surface area contributed by atoms with Crippen LogP contribution in [0.5, 0.6) is 0 Å². The number of anilines is 1. The van der Waals surface area contributed by atoms with Crippen LogP contribution in [-0.4, -0.2) is 51.4 Å². The molecule has 0 bridgehead atoms. The molecule has 0 aliphatic carbocycles. The second-order valence-electron chi connectivity index (χ2n) is 9.63. The Balaban J connectivity index is 1.57. The van der Waals surface area contributed by atoms with Gasteiger partial charge in [0, 0.05) is 31.5 Å². The van der Waals surface area contributed by atoms with Crippen LogP contribution in [0.1, 0.15) is 56.5 Å². The van der Waals surface area contributed by atoms with Crippen LogP contribution in [0.25, 0.3) is 16.6 Å². The SMILES string of the molecule is Cc1ccc(-n2nc3c(N4CCC[C@@H](C(=O)CCCNC(C)C)C4)nnc(C)c3c2C)cc1.